The number of benzene rings is 2. The Morgan fingerprint density at radius 1 is 1.14 bits per heavy atom. The molecule has 2 fully saturated rings. The Balaban J connectivity index is 1.58. The molecule has 2 aliphatic rings. The van der Waals surface area contributed by atoms with E-state index in [2.05, 4.69) is 13.8 Å². The maximum absolute atomic E-state index is 10.9. The molecule has 1 heterocycles. The summed E-state index contributed by atoms with van der Waals surface area (Å²) < 4.78 is 11.8. The SMILES string of the molecule is CCOc1ccc(Cc2cc(C3O[C@]4(CO)C(C)C4C(C)[C@H]3O)ccc2Cl)cc1. The molecule has 4 unspecified atom stereocenters. The molecular weight excluding hydrogens is 388 g/mol. The van der Waals surface area contributed by atoms with E-state index in [1.165, 1.54) is 0 Å². The molecule has 4 nitrogen and oxygen atoms in total. The Bertz CT molecular complexity index is 868. The lowest BCUT2D eigenvalue weighted by Crippen LogP contribution is -2.42. The van der Waals surface area contributed by atoms with Gasteiger partial charge in [0.05, 0.1) is 24.9 Å². The Kier molecular flexibility index (Phi) is 5.64. The lowest BCUT2D eigenvalue weighted by molar-refractivity contribution is -0.166. The van der Waals surface area contributed by atoms with Crippen LogP contribution in [-0.4, -0.2) is 35.1 Å². The van der Waals surface area contributed by atoms with Crippen molar-refractivity contribution in [3.63, 3.8) is 0 Å². The summed E-state index contributed by atoms with van der Waals surface area (Å²) in [6.07, 6.45) is -0.388. The van der Waals surface area contributed by atoms with Crippen LogP contribution in [0.5, 0.6) is 5.75 Å². The fourth-order valence-corrected chi connectivity index (χ4v) is 5.25. The molecule has 0 aromatic heterocycles. The number of halogens is 1. The third-order valence-electron chi connectivity index (χ3n) is 6.80. The van der Waals surface area contributed by atoms with Gasteiger partial charge in [0.1, 0.15) is 11.9 Å². The number of rotatable bonds is 6. The predicted octanol–water partition coefficient (Wildman–Crippen LogP) is 4.39. The number of aliphatic hydroxyl groups excluding tert-OH is 2. The van der Waals surface area contributed by atoms with E-state index < -0.39 is 17.8 Å². The van der Waals surface area contributed by atoms with Crippen molar-refractivity contribution in [1.82, 2.24) is 0 Å². The van der Waals surface area contributed by atoms with Gasteiger partial charge in [0.15, 0.2) is 0 Å². The maximum Gasteiger partial charge on any atom is 0.119 e. The van der Waals surface area contributed by atoms with Crippen LogP contribution in [0, 0.1) is 17.8 Å². The van der Waals surface area contributed by atoms with Gasteiger partial charge in [-0.3, -0.25) is 0 Å². The average molecular weight is 417 g/mol. The second kappa shape index (κ2) is 7.92. The highest BCUT2D eigenvalue weighted by Gasteiger charge is 2.70. The van der Waals surface area contributed by atoms with Crippen LogP contribution in [0.25, 0.3) is 0 Å². The molecule has 0 bridgehead atoms. The zero-order chi connectivity index (χ0) is 20.8. The highest BCUT2D eigenvalue weighted by atomic mass is 35.5. The third-order valence-corrected chi connectivity index (χ3v) is 7.17. The molecule has 4 rings (SSSR count). The lowest BCUT2D eigenvalue weighted by atomic mass is 9.86. The van der Waals surface area contributed by atoms with Crippen molar-refractivity contribution < 1.29 is 19.7 Å². The highest BCUT2D eigenvalue weighted by molar-refractivity contribution is 6.31. The normalized spacial score (nSPS) is 33.2. The average Bonchev–Trinajstić information content (AvgIpc) is 3.32. The smallest absolute Gasteiger partial charge is 0.119 e. The minimum absolute atomic E-state index is 0.0149. The van der Waals surface area contributed by atoms with Crippen molar-refractivity contribution in [1.29, 1.82) is 0 Å². The van der Waals surface area contributed by atoms with Gasteiger partial charge in [-0.2, -0.15) is 0 Å². The second-order valence-electron chi connectivity index (χ2n) is 8.42. The van der Waals surface area contributed by atoms with Gasteiger partial charge < -0.3 is 19.7 Å². The predicted molar refractivity (Wildman–Crippen MR) is 113 cm³/mol. The van der Waals surface area contributed by atoms with Gasteiger partial charge in [0.2, 0.25) is 0 Å². The first-order chi connectivity index (χ1) is 13.9. The summed E-state index contributed by atoms with van der Waals surface area (Å²) in [5.74, 6) is 1.37. The van der Waals surface area contributed by atoms with E-state index in [0.717, 1.165) is 22.4 Å². The van der Waals surface area contributed by atoms with Crippen LogP contribution in [0.1, 0.15) is 43.6 Å². The van der Waals surface area contributed by atoms with Gasteiger partial charge in [0.25, 0.3) is 0 Å². The summed E-state index contributed by atoms with van der Waals surface area (Å²) in [5.41, 5.74) is 2.49. The summed E-state index contributed by atoms with van der Waals surface area (Å²) in [6.45, 7) is 6.73. The van der Waals surface area contributed by atoms with Crippen LogP contribution in [0.4, 0.5) is 0 Å². The van der Waals surface area contributed by atoms with Gasteiger partial charge in [-0.1, -0.05) is 49.7 Å². The topological polar surface area (TPSA) is 58.9 Å². The summed E-state index contributed by atoms with van der Waals surface area (Å²) >= 11 is 6.48. The minimum atomic E-state index is -0.607. The van der Waals surface area contributed by atoms with Crippen LogP contribution < -0.4 is 4.74 Å². The summed E-state index contributed by atoms with van der Waals surface area (Å²) in [6, 6.07) is 13.8. The fraction of sp³-hybridized carbons (Fsp3) is 0.500. The first-order valence-corrected chi connectivity index (χ1v) is 10.8. The molecule has 1 saturated heterocycles. The molecule has 2 aromatic rings. The van der Waals surface area contributed by atoms with Crippen molar-refractivity contribution in [3.8, 4) is 5.75 Å². The van der Waals surface area contributed by atoms with Crippen molar-refractivity contribution in [2.75, 3.05) is 13.2 Å². The molecule has 2 N–H and O–H groups in total. The van der Waals surface area contributed by atoms with Crippen LogP contribution in [0.15, 0.2) is 42.5 Å². The number of hydrogen-bond acceptors (Lipinski definition) is 4. The van der Waals surface area contributed by atoms with Crippen LogP contribution in [0.2, 0.25) is 5.02 Å². The lowest BCUT2D eigenvalue weighted by Gasteiger charge is -2.37. The summed E-state index contributed by atoms with van der Waals surface area (Å²) in [7, 11) is 0. The van der Waals surface area contributed by atoms with Crippen molar-refractivity contribution >= 4 is 11.6 Å². The monoisotopic (exact) mass is 416 g/mol. The molecule has 1 aliphatic heterocycles. The second-order valence-corrected chi connectivity index (χ2v) is 8.83. The molecule has 0 spiro atoms. The van der Waals surface area contributed by atoms with Gasteiger partial charge in [-0.25, -0.2) is 0 Å². The van der Waals surface area contributed by atoms with Gasteiger partial charge in [-0.15, -0.1) is 0 Å². The Labute approximate surface area is 177 Å². The molecule has 5 heteroatoms. The van der Waals surface area contributed by atoms with E-state index in [1.54, 1.807) is 0 Å². The number of fused-ring (bicyclic) bond motifs is 1. The molecule has 6 atom stereocenters. The number of hydrogen-bond donors (Lipinski definition) is 2. The maximum atomic E-state index is 10.9. The molecule has 1 saturated carbocycles. The molecule has 1 aliphatic carbocycles. The Morgan fingerprint density at radius 2 is 1.86 bits per heavy atom. The van der Waals surface area contributed by atoms with E-state index in [-0.39, 0.29) is 24.4 Å². The Hall–Kier alpha value is -1.59. The van der Waals surface area contributed by atoms with Crippen molar-refractivity contribution in [3.05, 3.63) is 64.2 Å². The largest absolute Gasteiger partial charge is 0.494 e. The van der Waals surface area contributed by atoms with E-state index in [4.69, 9.17) is 21.1 Å². The Morgan fingerprint density at radius 3 is 2.52 bits per heavy atom. The van der Waals surface area contributed by atoms with E-state index in [9.17, 15) is 10.2 Å². The first kappa shape index (κ1) is 20.7. The quantitative estimate of drug-likeness (QED) is 0.733. The van der Waals surface area contributed by atoms with Gasteiger partial charge in [-0.05, 0) is 60.1 Å². The third kappa shape index (κ3) is 3.57. The van der Waals surface area contributed by atoms with E-state index in [1.807, 2.05) is 49.4 Å². The zero-order valence-electron chi connectivity index (χ0n) is 17.1. The highest BCUT2D eigenvalue weighted by Crippen LogP contribution is 2.63. The van der Waals surface area contributed by atoms with Crippen LogP contribution in [-0.2, 0) is 11.2 Å². The van der Waals surface area contributed by atoms with Crippen LogP contribution in [0.3, 0.4) is 0 Å². The van der Waals surface area contributed by atoms with E-state index >= 15 is 0 Å². The molecule has 2 aromatic carbocycles. The number of ether oxygens (including phenoxy) is 2. The van der Waals surface area contributed by atoms with Crippen LogP contribution >= 0.6 is 11.6 Å². The van der Waals surface area contributed by atoms with Crippen molar-refractivity contribution in [2.24, 2.45) is 17.8 Å². The minimum Gasteiger partial charge on any atom is -0.494 e. The molecule has 156 valence electrons. The fourth-order valence-electron chi connectivity index (χ4n) is 5.06. The van der Waals surface area contributed by atoms with Crippen molar-refractivity contribution in [2.45, 2.75) is 45.0 Å². The molecule has 0 amide bonds. The first-order valence-electron chi connectivity index (χ1n) is 10.4. The van der Waals surface area contributed by atoms with E-state index in [0.29, 0.717) is 18.1 Å². The molecular formula is C24H29ClO4. The zero-order valence-corrected chi connectivity index (χ0v) is 17.9. The molecule has 0 radical (unpaired) electrons. The summed E-state index contributed by atoms with van der Waals surface area (Å²) in [5, 5.41) is 21.5. The van der Waals surface area contributed by atoms with Gasteiger partial charge in [0, 0.05) is 10.9 Å². The summed E-state index contributed by atoms with van der Waals surface area (Å²) in [4.78, 5) is 0. The molecule has 29 heavy (non-hydrogen) atoms. The van der Waals surface area contributed by atoms with Gasteiger partial charge >= 0.3 is 0 Å². The standard InChI is InChI=1S/C24H29ClO4/c1-4-28-19-8-5-16(6-9-19)11-18-12-17(7-10-20(18)25)23-22(27)14(2)21-15(3)24(21,13-26)29-23/h5-10,12,14-15,21-23,26-27H,4,11,13H2,1-3H3/t14?,15?,21?,22-,23?,24-/m1/s1. The number of aliphatic hydroxyl groups is 2.